The quantitative estimate of drug-likeness (QED) is 0.478. The molecule has 1 amide bonds. The summed E-state index contributed by atoms with van der Waals surface area (Å²) < 4.78 is 18.7. The minimum absolute atomic E-state index is 0.0628. The molecule has 0 aliphatic carbocycles. The third-order valence-corrected chi connectivity index (χ3v) is 4.90. The zero-order valence-corrected chi connectivity index (χ0v) is 16.1. The Morgan fingerprint density at radius 1 is 1.07 bits per heavy atom. The zero-order chi connectivity index (χ0) is 20.2. The lowest BCUT2D eigenvalue weighted by Crippen LogP contribution is -2.26. The Hall–Kier alpha value is -3.47. The highest BCUT2D eigenvalue weighted by Gasteiger charge is 2.12. The van der Waals surface area contributed by atoms with Gasteiger partial charge in [0.25, 0.3) is 0 Å². The second kappa shape index (κ2) is 8.27. The Labute approximate surface area is 168 Å². The molecule has 5 heteroatoms. The van der Waals surface area contributed by atoms with E-state index in [0.29, 0.717) is 18.1 Å². The van der Waals surface area contributed by atoms with Crippen LogP contribution in [0, 0.1) is 5.82 Å². The van der Waals surface area contributed by atoms with Gasteiger partial charge in [0.2, 0.25) is 5.91 Å². The van der Waals surface area contributed by atoms with E-state index in [1.54, 1.807) is 18.3 Å². The van der Waals surface area contributed by atoms with E-state index in [1.807, 2.05) is 25.1 Å². The van der Waals surface area contributed by atoms with Crippen LogP contribution in [-0.2, 0) is 11.2 Å². The smallest absolute Gasteiger partial charge is 0.220 e. The standard InChI is InChI=1S/C24H21FN2O2/c1-16(19-7-6-17-4-2-3-5-20(17)14-19)27-23(28)12-13-24-26-15-22(29-24)18-8-10-21(25)11-9-18/h2-11,14-16H,12-13H2,1H3,(H,27,28)/t16-/m1/s1. The van der Waals surface area contributed by atoms with Crippen molar-refractivity contribution < 1.29 is 13.6 Å². The molecule has 1 aromatic heterocycles. The predicted molar refractivity (Wildman–Crippen MR) is 111 cm³/mol. The Balaban J connectivity index is 1.34. The van der Waals surface area contributed by atoms with Crippen LogP contribution in [0.25, 0.3) is 22.1 Å². The van der Waals surface area contributed by atoms with Crippen LogP contribution in [0.5, 0.6) is 0 Å². The van der Waals surface area contributed by atoms with Gasteiger partial charge < -0.3 is 9.73 Å². The molecule has 0 saturated heterocycles. The Morgan fingerprint density at radius 3 is 2.62 bits per heavy atom. The molecule has 4 nitrogen and oxygen atoms in total. The first-order valence-electron chi connectivity index (χ1n) is 9.57. The van der Waals surface area contributed by atoms with Crippen molar-refractivity contribution in [2.45, 2.75) is 25.8 Å². The van der Waals surface area contributed by atoms with Gasteiger partial charge in [-0.25, -0.2) is 9.37 Å². The van der Waals surface area contributed by atoms with Crippen LogP contribution in [0.15, 0.2) is 77.3 Å². The number of hydrogen-bond donors (Lipinski definition) is 1. The number of fused-ring (bicyclic) bond motifs is 1. The molecule has 0 aliphatic rings. The predicted octanol–water partition coefficient (Wildman–Crippen LogP) is 5.44. The Bertz CT molecular complexity index is 1140. The topological polar surface area (TPSA) is 55.1 Å². The number of aryl methyl sites for hydroxylation is 1. The normalized spacial score (nSPS) is 12.1. The first kappa shape index (κ1) is 18.9. The van der Waals surface area contributed by atoms with Gasteiger partial charge in [-0.3, -0.25) is 4.79 Å². The van der Waals surface area contributed by atoms with Crippen molar-refractivity contribution in [3.8, 4) is 11.3 Å². The molecule has 0 saturated carbocycles. The minimum atomic E-state index is -0.300. The Morgan fingerprint density at radius 2 is 1.83 bits per heavy atom. The van der Waals surface area contributed by atoms with Crippen LogP contribution in [0.1, 0.15) is 30.8 Å². The van der Waals surface area contributed by atoms with Gasteiger partial charge in [-0.1, -0.05) is 36.4 Å². The van der Waals surface area contributed by atoms with Gasteiger partial charge in [0.15, 0.2) is 11.7 Å². The maximum Gasteiger partial charge on any atom is 0.220 e. The van der Waals surface area contributed by atoms with E-state index in [0.717, 1.165) is 16.5 Å². The molecule has 0 radical (unpaired) electrons. The van der Waals surface area contributed by atoms with E-state index >= 15 is 0 Å². The molecule has 4 rings (SSSR count). The summed E-state index contributed by atoms with van der Waals surface area (Å²) in [5, 5.41) is 5.35. The molecule has 29 heavy (non-hydrogen) atoms. The lowest BCUT2D eigenvalue weighted by Gasteiger charge is -2.15. The summed E-state index contributed by atoms with van der Waals surface area (Å²) in [7, 11) is 0. The van der Waals surface area contributed by atoms with Crippen LogP contribution in [0.2, 0.25) is 0 Å². The van der Waals surface area contributed by atoms with Crippen LogP contribution < -0.4 is 5.32 Å². The fraction of sp³-hybridized carbons (Fsp3) is 0.167. The summed E-state index contributed by atoms with van der Waals surface area (Å²) in [6, 6.07) is 20.3. The highest BCUT2D eigenvalue weighted by Crippen LogP contribution is 2.22. The van der Waals surface area contributed by atoms with Crippen molar-refractivity contribution >= 4 is 16.7 Å². The van der Waals surface area contributed by atoms with Crippen molar-refractivity contribution in [3.05, 3.63) is 90.2 Å². The number of hydrogen-bond acceptors (Lipinski definition) is 3. The van der Waals surface area contributed by atoms with E-state index in [2.05, 4.69) is 34.6 Å². The monoisotopic (exact) mass is 388 g/mol. The summed E-state index contributed by atoms with van der Waals surface area (Å²) in [4.78, 5) is 16.6. The number of halogens is 1. The van der Waals surface area contributed by atoms with E-state index in [1.165, 1.54) is 17.5 Å². The number of aromatic nitrogens is 1. The zero-order valence-electron chi connectivity index (χ0n) is 16.1. The second-order valence-corrected chi connectivity index (χ2v) is 7.02. The molecule has 0 aliphatic heterocycles. The maximum atomic E-state index is 13.0. The van der Waals surface area contributed by atoms with Crippen LogP contribution in [-0.4, -0.2) is 10.9 Å². The van der Waals surface area contributed by atoms with Crippen molar-refractivity contribution in [1.29, 1.82) is 0 Å². The van der Waals surface area contributed by atoms with Gasteiger partial charge in [0.05, 0.1) is 12.2 Å². The number of rotatable bonds is 6. The molecule has 4 aromatic rings. The number of amides is 1. The summed E-state index contributed by atoms with van der Waals surface area (Å²) in [5.74, 6) is 0.681. The van der Waals surface area contributed by atoms with Gasteiger partial charge in [-0.2, -0.15) is 0 Å². The summed E-state index contributed by atoms with van der Waals surface area (Å²) in [6.45, 7) is 1.97. The van der Waals surface area contributed by atoms with E-state index in [4.69, 9.17) is 4.42 Å². The maximum absolute atomic E-state index is 13.0. The van der Waals surface area contributed by atoms with E-state index in [9.17, 15) is 9.18 Å². The number of benzene rings is 3. The first-order chi connectivity index (χ1) is 14.1. The number of carbonyl (C=O) groups excluding carboxylic acids is 1. The number of carbonyl (C=O) groups is 1. The molecule has 0 fully saturated rings. The first-order valence-corrected chi connectivity index (χ1v) is 9.57. The van der Waals surface area contributed by atoms with Gasteiger partial charge in [0, 0.05) is 18.4 Å². The SMILES string of the molecule is C[C@@H](NC(=O)CCc1ncc(-c2ccc(F)cc2)o1)c1ccc2ccccc2c1. The number of nitrogens with zero attached hydrogens (tertiary/aromatic N) is 1. The highest BCUT2D eigenvalue weighted by atomic mass is 19.1. The van der Waals surface area contributed by atoms with Crippen molar-refractivity contribution in [3.63, 3.8) is 0 Å². The van der Waals surface area contributed by atoms with Gasteiger partial charge in [0.1, 0.15) is 5.82 Å². The fourth-order valence-corrected chi connectivity index (χ4v) is 3.27. The third-order valence-electron chi connectivity index (χ3n) is 4.90. The lowest BCUT2D eigenvalue weighted by atomic mass is 10.0. The molecule has 0 spiro atoms. The van der Waals surface area contributed by atoms with E-state index in [-0.39, 0.29) is 24.2 Å². The second-order valence-electron chi connectivity index (χ2n) is 7.02. The number of oxazole rings is 1. The van der Waals surface area contributed by atoms with Gasteiger partial charge >= 0.3 is 0 Å². The molecule has 1 heterocycles. The van der Waals surface area contributed by atoms with Crippen LogP contribution in [0.4, 0.5) is 4.39 Å². The molecular formula is C24H21FN2O2. The minimum Gasteiger partial charge on any atom is -0.441 e. The molecule has 1 N–H and O–H groups in total. The highest BCUT2D eigenvalue weighted by molar-refractivity contribution is 5.83. The molecule has 0 unspecified atom stereocenters. The van der Waals surface area contributed by atoms with Gasteiger partial charge in [-0.15, -0.1) is 0 Å². The molecule has 1 atom stereocenters. The average molecular weight is 388 g/mol. The van der Waals surface area contributed by atoms with E-state index < -0.39 is 0 Å². The molecule has 0 bridgehead atoms. The summed E-state index contributed by atoms with van der Waals surface area (Å²) in [5.41, 5.74) is 1.81. The lowest BCUT2D eigenvalue weighted by molar-refractivity contribution is -0.121. The van der Waals surface area contributed by atoms with Crippen LogP contribution in [0.3, 0.4) is 0 Å². The summed E-state index contributed by atoms with van der Waals surface area (Å²) in [6.07, 6.45) is 2.27. The molecular weight excluding hydrogens is 367 g/mol. The van der Waals surface area contributed by atoms with Gasteiger partial charge in [-0.05, 0) is 53.6 Å². The van der Waals surface area contributed by atoms with Crippen molar-refractivity contribution in [1.82, 2.24) is 10.3 Å². The van der Waals surface area contributed by atoms with Crippen LogP contribution >= 0.6 is 0 Å². The van der Waals surface area contributed by atoms with Crippen molar-refractivity contribution in [2.24, 2.45) is 0 Å². The molecule has 3 aromatic carbocycles. The average Bonchev–Trinajstić information content (AvgIpc) is 3.21. The van der Waals surface area contributed by atoms with Crippen molar-refractivity contribution in [2.75, 3.05) is 0 Å². The Kier molecular flexibility index (Phi) is 5.38. The summed E-state index contributed by atoms with van der Waals surface area (Å²) >= 11 is 0. The fourth-order valence-electron chi connectivity index (χ4n) is 3.27. The number of nitrogens with one attached hydrogen (secondary N) is 1. The largest absolute Gasteiger partial charge is 0.441 e. The third kappa shape index (κ3) is 4.51. The molecule has 146 valence electrons.